The number of amides is 3. The molecule has 0 bridgehead atoms. The van der Waals surface area contributed by atoms with E-state index in [0.29, 0.717) is 19.4 Å². The van der Waals surface area contributed by atoms with E-state index in [-0.39, 0.29) is 12.8 Å². The summed E-state index contributed by atoms with van der Waals surface area (Å²) in [6, 6.07) is 16.1. The summed E-state index contributed by atoms with van der Waals surface area (Å²) < 4.78 is 10.5. The van der Waals surface area contributed by atoms with Gasteiger partial charge in [-0.15, -0.1) is 0 Å². The fourth-order valence-electron chi connectivity index (χ4n) is 4.65. The van der Waals surface area contributed by atoms with Crippen molar-refractivity contribution in [2.24, 2.45) is 0 Å². The summed E-state index contributed by atoms with van der Waals surface area (Å²) >= 11 is 0. The maximum atomic E-state index is 13.9. The van der Waals surface area contributed by atoms with Gasteiger partial charge in [-0.1, -0.05) is 60.7 Å². The minimum atomic E-state index is -0.964. The van der Waals surface area contributed by atoms with Gasteiger partial charge in [0.15, 0.2) is 0 Å². The monoisotopic (exact) mass is 537 g/mol. The van der Waals surface area contributed by atoms with Gasteiger partial charge in [0.25, 0.3) is 0 Å². The number of likely N-dealkylation sites (N-methyl/N-ethyl adjacent to an activating group) is 1. The van der Waals surface area contributed by atoms with Crippen LogP contribution in [0.5, 0.6) is 0 Å². The number of methoxy groups -OCH3 is 1. The molecule has 0 saturated carbocycles. The van der Waals surface area contributed by atoms with E-state index >= 15 is 0 Å². The molecule has 1 saturated heterocycles. The van der Waals surface area contributed by atoms with Gasteiger partial charge in [0.1, 0.15) is 23.7 Å². The highest BCUT2D eigenvalue weighted by molar-refractivity contribution is 5.93. The lowest BCUT2D eigenvalue weighted by Crippen LogP contribution is -2.57. The van der Waals surface area contributed by atoms with Crippen molar-refractivity contribution >= 4 is 23.9 Å². The summed E-state index contributed by atoms with van der Waals surface area (Å²) in [6.07, 6.45) is 1.03. The molecule has 2 aromatic rings. The molecule has 0 aliphatic carbocycles. The first-order valence-electron chi connectivity index (χ1n) is 13.2. The molecule has 9 heteroatoms. The van der Waals surface area contributed by atoms with Crippen molar-refractivity contribution in [2.45, 2.75) is 70.2 Å². The zero-order valence-electron chi connectivity index (χ0n) is 23.4. The fraction of sp³-hybridized carbons (Fsp3) is 0.467. The predicted molar refractivity (Wildman–Crippen MR) is 147 cm³/mol. The Morgan fingerprint density at radius 1 is 0.974 bits per heavy atom. The molecule has 0 radical (unpaired) electrons. The second-order valence-corrected chi connectivity index (χ2v) is 10.8. The summed E-state index contributed by atoms with van der Waals surface area (Å²) in [7, 11) is 2.83. The third kappa shape index (κ3) is 8.30. The van der Waals surface area contributed by atoms with Crippen LogP contribution in [0, 0.1) is 0 Å². The number of ether oxygens (including phenoxy) is 2. The third-order valence-electron chi connectivity index (χ3n) is 6.64. The van der Waals surface area contributed by atoms with E-state index in [2.05, 4.69) is 5.32 Å². The molecular formula is C30H39N3O6. The summed E-state index contributed by atoms with van der Waals surface area (Å²) in [5.74, 6) is -1.41. The summed E-state index contributed by atoms with van der Waals surface area (Å²) in [5.41, 5.74) is 1.02. The number of hydrogen-bond acceptors (Lipinski definition) is 6. The molecule has 0 unspecified atom stereocenters. The molecule has 9 nitrogen and oxygen atoms in total. The van der Waals surface area contributed by atoms with Gasteiger partial charge in [-0.25, -0.2) is 9.59 Å². The molecule has 0 spiro atoms. The Hall–Kier alpha value is -3.88. The number of nitrogens with one attached hydrogen (secondary N) is 1. The molecule has 0 aromatic heterocycles. The molecule has 2 aromatic carbocycles. The van der Waals surface area contributed by atoms with Gasteiger partial charge in [0.05, 0.1) is 7.11 Å². The van der Waals surface area contributed by atoms with Gasteiger partial charge in [0.2, 0.25) is 11.8 Å². The Balaban J connectivity index is 1.83. The largest absolute Gasteiger partial charge is 0.467 e. The highest BCUT2D eigenvalue weighted by Gasteiger charge is 2.39. The molecule has 1 heterocycles. The maximum absolute atomic E-state index is 13.9. The number of nitrogens with zero attached hydrogens (tertiary/aromatic N) is 2. The Kier molecular flexibility index (Phi) is 10.1. The Morgan fingerprint density at radius 3 is 2.08 bits per heavy atom. The average Bonchev–Trinajstić information content (AvgIpc) is 3.41. The number of hydrogen-bond donors (Lipinski definition) is 1. The van der Waals surface area contributed by atoms with Crippen LogP contribution in [0.1, 0.15) is 44.7 Å². The van der Waals surface area contributed by atoms with Crippen LogP contribution >= 0.6 is 0 Å². The van der Waals surface area contributed by atoms with Gasteiger partial charge in [-0.2, -0.15) is 0 Å². The van der Waals surface area contributed by atoms with E-state index in [4.69, 9.17) is 9.47 Å². The van der Waals surface area contributed by atoms with Crippen LogP contribution in [0.4, 0.5) is 4.79 Å². The van der Waals surface area contributed by atoms with E-state index in [1.165, 1.54) is 16.9 Å². The van der Waals surface area contributed by atoms with Crippen molar-refractivity contribution in [1.29, 1.82) is 0 Å². The smallest absolute Gasteiger partial charge is 0.410 e. The van der Waals surface area contributed by atoms with Crippen LogP contribution in [0.3, 0.4) is 0 Å². The number of benzene rings is 2. The maximum Gasteiger partial charge on any atom is 0.410 e. The van der Waals surface area contributed by atoms with Gasteiger partial charge in [-0.3, -0.25) is 14.5 Å². The molecule has 210 valence electrons. The molecule has 3 atom stereocenters. The zero-order valence-corrected chi connectivity index (χ0v) is 23.4. The first-order valence-corrected chi connectivity index (χ1v) is 13.2. The Labute approximate surface area is 230 Å². The van der Waals surface area contributed by atoms with E-state index in [1.807, 2.05) is 60.7 Å². The minimum absolute atomic E-state index is 0.216. The first-order chi connectivity index (χ1) is 18.5. The molecule has 3 rings (SSSR count). The lowest BCUT2D eigenvalue weighted by Gasteiger charge is -2.32. The molecule has 1 N–H and O–H groups in total. The normalized spacial score (nSPS) is 16.6. The highest BCUT2D eigenvalue weighted by atomic mass is 16.6. The van der Waals surface area contributed by atoms with Crippen LogP contribution in [0.25, 0.3) is 0 Å². The van der Waals surface area contributed by atoms with E-state index in [0.717, 1.165) is 11.1 Å². The van der Waals surface area contributed by atoms with Crippen LogP contribution in [0.15, 0.2) is 60.7 Å². The number of rotatable bonds is 9. The second kappa shape index (κ2) is 13.3. The summed E-state index contributed by atoms with van der Waals surface area (Å²) in [5, 5.41) is 2.88. The molecular weight excluding hydrogens is 498 g/mol. The SMILES string of the molecule is COC(=O)[C@H](Cc1ccccc1)N(C)C(=O)[C@H](Cc1ccccc1)NC(=O)[C@@H]1CCCN1C(=O)OC(C)(C)C. The van der Waals surface area contributed by atoms with Gasteiger partial charge >= 0.3 is 12.1 Å². The lowest BCUT2D eigenvalue weighted by molar-refractivity contribution is -0.152. The molecule has 1 aliphatic heterocycles. The average molecular weight is 538 g/mol. The Bertz CT molecular complexity index is 1130. The molecule has 3 amide bonds. The predicted octanol–water partition coefficient (Wildman–Crippen LogP) is 3.36. The Morgan fingerprint density at radius 2 is 1.54 bits per heavy atom. The van der Waals surface area contributed by atoms with Crippen molar-refractivity contribution in [3.8, 4) is 0 Å². The van der Waals surface area contributed by atoms with E-state index in [1.54, 1.807) is 27.8 Å². The first kappa shape index (κ1) is 29.7. The van der Waals surface area contributed by atoms with Gasteiger partial charge in [0, 0.05) is 26.4 Å². The number of carbonyl (C=O) groups is 4. The van der Waals surface area contributed by atoms with Crippen LogP contribution in [-0.2, 0) is 36.7 Å². The fourth-order valence-corrected chi connectivity index (χ4v) is 4.65. The lowest BCUT2D eigenvalue weighted by atomic mass is 10.0. The van der Waals surface area contributed by atoms with Crippen molar-refractivity contribution in [3.05, 3.63) is 71.8 Å². The number of esters is 1. The third-order valence-corrected chi connectivity index (χ3v) is 6.64. The van der Waals surface area contributed by atoms with Crippen LogP contribution in [-0.4, -0.2) is 78.1 Å². The zero-order chi connectivity index (χ0) is 28.6. The topological polar surface area (TPSA) is 105 Å². The van der Waals surface area contributed by atoms with E-state index in [9.17, 15) is 19.2 Å². The number of carbonyl (C=O) groups excluding carboxylic acids is 4. The van der Waals surface area contributed by atoms with E-state index < -0.39 is 47.6 Å². The number of likely N-dealkylation sites (tertiary alicyclic amines) is 1. The molecule has 1 aliphatic rings. The quantitative estimate of drug-likeness (QED) is 0.492. The molecule has 39 heavy (non-hydrogen) atoms. The van der Waals surface area contributed by atoms with Crippen molar-refractivity contribution in [2.75, 3.05) is 20.7 Å². The highest BCUT2D eigenvalue weighted by Crippen LogP contribution is 2.22. The van der Waals surface area contributed by atoms with Crippen LogP contribution in [0.2, 0.25) is 0 Å². The van der Waals surface area contributed by atoms with Gasteiger partial charge < -0.3 is 19.7 Å². The van der Waals surface area contributed by atoms with Crippen molar-refractivity contribution in [3.63, 3.8) is 0 Å². The standard InChI is InChI=1S/C30H39N3O6/c1-30(2,3)39-29(37)33-18-12-17-24(33)26(34)31-23(19-21-13-8-6-9-14-21)27(35)32(4)25(28(36)38-5)20-22-15-10-7-11-16-22/h6-11,13-16,23-25H,12,17-20H2,1-5H3,(H,31,34)/t23-,24-,25-/m0/s1. The summed E-state index contributed by atoms with van der Waals surface area (Å²) in [6.45, 7) is 5.71. The van der Waals surface area contributed by atoms with Gasteiger partial charge in [-0.05, 0) is 44.7 Å². The van der Waals surface area contributed by atoms with Crippen LogP contribution < -0.4 is 5.32 Å². The molecule has 1 fully saturated rings. The minimum Gasteiger partial charge on any atom is -0.467 e. The van der Waals surface area contributed by atoms with Crippen molar-refractivity contribution < 1.29 is 28.7 Å². The van der Waals surface area contributed by atoms with Crippen molar-refractivity contribution in [1.82, 2.24) is 15.1 Å². The summed E-state index contributed by atoms with van der Waals surface area (Å²) in [4.78, 5) is 55.6. The second-order valence-electron chi connectivity index (χ2n) is 10.8.